The molecule has 3 aliphatic carbocycles. The lowest BCUT2D eigenvalue weighted by Gasteiger charge is -2.33. The Bertz CT molecular complexity index is 2720. The molecule has 1 aromatic heterocycles. The zero-order valence-electron chi connectivity index (χ0n) is 28.2. The van der Waals surface area contributed by atoms with Crippen molar-refractivity contribution >= 4 is 48.9 Å². The molecule has 10 rings (SSSR count). The third-order valence-corrected chi connectivity index (χ3v) is 11.1. The lowest BCUT2D eigenvalue weighted by atomic mass is 9.70. The normalized spacial score (nSPS) is 18.0. The largest absolute Gasteiger partial charge is 0.309 e. The lowest BCUT2D eigenvalue weighted by Crippen LogP contribution is -2.21. The Morgan fingerprint density at radius 1 is 0.560 bits per heavy atom. The Balaban J connectivity index is 1.25. The Labute approximate surface area is 293 Å². The van der Waals surface area contributed by atoms with Crippen LogP contribution in [0.1, 0.15) is 24.5 Å². The highest BCUT2D eigenvalue weighted by molar-refractivity contribution is 6.16. The van der Waals surface area contributed by atoms with Crippen LogP contribution in [-0.4, -0.2) is 4.57 Å². The average molecular weight is 640 g/mol. The SMILES string of the molecule is CCCc1ccccc1-n1c2ccc(C3=C4C=CC=CC4C4C=CC=CC4=C3)cc2c2cc(-c3cc4ccccc4c4ccccc34)ccc21. The molecular weight excluding hydrogens is 603 g/mol. The summed E-state index contributed by atoms with van der Waals surface area (Å²) >= 11 is 0. The maximum absolute atomic E-state index is 2.51. The minimum absolute atomic E-state index is 0.349. The maximum atomic E-state index is 2.51. The summed E-state index contributed by atoms with van der Waals surface area (Å²) in [6.45, 7) is 2.27. The summed E-state index contributed by atoms with van der Waals surface area (Å²) in [5, 5.41) is 7.73. The monoisotopic (exact) mass is 639 g/mol. The van der Waals surface area contributed by atoms with Crippen LogP contribution in [0, 0.1) is 11.8 Å². The molecule has 2 unspecified atom stereocenters. The van der Waals surface area contributed by atoms with Gasteiger partial charge < -0.3 is 4.57 Å². The molecule has 0 bridgehead atoms. The topological polar surface area (TPSA) is 4.93 Å². The minimum atomic E-state index is 0.349. The first-order valence-corrected chi connectivity index (χ1v) is 18.0. The van der Waals surface area contributed by atoms with Gasteiger partial charge in [0.15, 0.2) is 0 Å². The highest BCUT2D eigenvalue weighted by atomic mass is 15.0. The molecule has 0 radical (unpaired) electrons. The van der Waals surface area contributed by atoms with E-state index in [-0.39, 0.29) is 0 Å². The first-order chi connectivity index (χ1) is 24.8. The van der Waals surface area contributed by atoms with Gasteiger partial charge in [0.2, 0.25) is 0 Å². The van der Waals surface area contributed by atoms with Gasteiger partial charge in [0.05, 0.1) is 11.0 Å². The highest BCUT2D eigenvalue weighted by Gasteiger charge is 2.30. The van der Waals surface area contributed by atoms with Gasteiger partial charge in [0.1, 0.15) is 0 Å². The summed E-state index contributed by atoms with van der Waals surface area (Å²) < 4.78 is 2.51. The zero-order valence-corrected chi connectivity index (χ0v) is 28.2. The number of hydrogen-bond donors (Lipinski definition) is 0. The van der Waals surface area contributed by atoms with Gasteiger partial charge >= 0.3 is 0 Å². The Hall–Kier alpha value is -5.92. The van der Waals surface area contributed by atoms with E-state index in [9.17, 15) is 0 Å². The number of nitrogens with zero attached hydrogens (tertiary/aromatic N) is 1. The molecule has 1 heteroatoms. The van der Waals surface area contributed by atoms with Crippen molar-refractivity contribution < 1.29 is 0 Å². The zero-order chi connectivity index (χ0) is 33.2. The molecule has 6 aromatic carbocycles. The molecule has 2 atom stereocenters. The molecule has 0 saturated heterocycles. The number of aromatic nitrogens is 1. The molecule has 238 valence electrons. The number of benzene rings is 6. The van der Waals surface area contributed by atoms with Gasteiger partial charge in [-0.2, -0.15) is 0 Å². The van der Waals surface area contributed by atoms with E-state index in [1.807, 2.05) is 0 Å². The number of rotatable bonds is 5. The first-order valence-electron chi connectivity index (χ1n) is 18.0. The predicted molar refractivity (Wildman–Crippen MR) is 214 cm³/mol. The van der Waals surface area contributed by atoms with Crippen molar-refractivity contribution in [2.45, 2.75) is 19.8 Å². The Morgan fingerprint density at radius 3 is 2.08 bits per heavy atom. The summed E-state index contributed by atoms with van der Waals surface area (Å²) in [4.78, 5) is 0. The van der Waals surface area contributed by atoms with E-state index in [0.29, 0.717) is 11.8 Å². The predicted octanol–water partition coefficient (Wildman–Crippen LogP) is 12.9. The summed E-state index contributed by atoms with van der Waals surface area (Å²) in [7, 11) is 0. The summed E-state index contributed by atoms with van der Waals surface area (Å²) in [6.07, 6.45) is 22.7. The van der Waals surface area contributed by atoms with Crippen LogP contribution in [0.5, 0.6) is 0 Å². The molecule has 0 N–H and O–H groups in total. The molecule has 1 heterocycles. The lowest BCUT2D eigenvalue weighted by molar-refractivity contribution is 0.618. The van der Waals surface area contributed by atoms with Crippen molar-refractivity contribution in [2.75, 3.05) is 0 Å². The van der Waals surface area contributed by atoms with Crippen molar-refractivity contribution in [2.24, 2.45) is 11.8 Å². The van der Waals surface area contributed by atoms with Crippen molar-refractivity contribution in [1.29, 1.82) is 0 Å². The maximum Gasteiger partial charge on any atom is 0.0541 e. The Kier molecular flexibility index (Phi) is 6.74. The van der Waals surface area contributed by atoms with Gasteiger partial charge in [0.25, 0.3) is 0 Å². The van der Waals surface area contributed by atoms with Crippen LogP contribution in [0.25, 0.3) is 65.7 Å². The van der Waals surface area contributed by atoms with Gasteiger partial charge in [-0.3, -0.25) is 0 Å². The van der Waals surface area contributed by atoms with E-state index in [2.05, 4.69) is 181 Å². The third-order valence-electron chi connectivity index (χ3n) is 11.1. The van der Waals surface area contributed by atoms with Crippen LogP contribution < -0.4 is 0 Å². The third kappa shape index (κ3) is 4.47. The van der Waals surface area contributed by atoms with Gasteiger partial charge in [-0.15, -0.1) is 0 Å². The van der Waals surface area contributed by atoms with Crippen LogP contribution in [0.15, 0.2) is 181 Å². The molecule has 0 saturated carbocycles. The number of para-hydroxylation sites is 1. The van der Waals surface area contributed by atoms with Crippen LogP contribution >= 0.6 is 0 Å². The minimum Gasteiger partial charge on any atom is -0.309 e. The Morgan fingerprint density at radius 2 is 1.24 bits per heavy atom. The summed E-state index contributed by atoms with van der Waals surface area (Å²) in [6, 6.07) is 43.3. The smallest absolute Gasteiger partial charge is 0.0541 e. The van der Waals surface area contributed by atoms with Gasteiger partial charge in [-0.1, -0.05) is 147 Å². The van der Waals surface area contributed by atoms with Crippen LogP contribution in [0.2, 0.25) is 0 Å². The molecule has 3 aliphatic rings. The van der Waals surface area contributed by atoms with E-state index in [0.717, 1.165) is 12.8 Å². The second-order valence-electron chi connectivity index (χ2n) is 13.9. The second-order valence-corrected chi connectivity index (χ2v) is 13.9. The molecule has 50 heavy (non-hydrogen) atoms. The van der Waals surface area contributed by atoms with Gasteiger partial charge in [0, 0.05) is 28.3 Å². The van der Waals surface area contributed by atoms with E-state index in [1.54, 1.807) is 0 Å². The quantitative estimate of drug-likeness (QED) is 0.165. The fourth-order valence-electron chi connectivity index (χ4n) is 8.81. The van der Waals surface area contributed by atoms with E-state index in [4.69, 9.17) is 0 Å². The standard InChI is InChI=1S/C49H37N/c1-2-13-32-14-5-12-23-47(32)50-48-26-24-35(43-28-33-15-3-6-17-37(33)39-19-8-10-21-41(39)43)30-45(48)46-31-36(25-27-49(46)50)44-29-34-16-4-7-18-38(34)40-20-9-11-22-42(40)44/h3-12,14-31,37,39H,2,13H2,1H3. The second kappa shape index (κ2) is 11.6. The molecule has 0 fully saturated rings. The van der Waals surface area contributed by atoms with Crippen molar-refractivity contribution in [1.82, 2.24) is 4.57 Å². The molecule has 7 aromatic rings. The number of allylic oxidation sites excluding steroid dienone is 12. The van der Waals surface area contributed by atoms with Crippen LogP contribution in [0.3, 0.4) is 0 Å². The molecule has 0 amide bonds. The van der Waals surface area contributed by atoms with E-state index in [1.165, 1.54) is 88.0 Å². The van der Waals surface area contributed by atoms with Crippen molar-refractivity contribution in [3.8, 4) is 16.8 Å². The highest BCUT2D eigenvalue weighted by Crippen LogP contribution is 2.45. The molecule has 1 nitrogen and oxygen atoms in total. The van der Waals surface area contributed by atoms with Crippen molar-refractivity contribution in [3.63, 3.8) is 0 Å². The molecule has 0 spiro atoms. The van der Waals surface area contributed by atoms with E-state index < -0.39 is 0 Å². The average Bonchev–Trinajstić information content (AvgIpc) is 3.50. The van der Waals surface area contributed by atoms with Gasteiger partial charge in [-0.05, 0) is 103 Å². The van der Waals surface area contributed by atoms with Gasteiger partial charge in [-0.25, -0.2) is 0 Å². The molecule has 0 aliphatic heterocycles. The fraction of sp³-hybridized carbons (Fsp3) is 0.102. The number of fused-ring (bicyclic) bond motifs is 9. The number of hydrogen-bond acceptors (Lipinski definition) is 0. The number of aryl methyl sites for hydroxylation is 1. The molecular formula is C49H37N. The van der Waals surface area contributed by atoms with Crippen LogP contribution in [-0.2, 0) is 6.42 Å². The first kappa shape index (κ1) is 29.0. The fourth-order valence-corrected chi connectivity index (χ4v) is 8.81. The van der Waals surface area contributed by atoms with Crippen LogP contribution in [0.4, 0.5) is 0 Å². The van der Waals surface area contributed by atoms with Crippen molar-refractivity contribution in [3.05, 3.63) is 192 Å². The summed E-state index contributed by atoms with van der Waals surface area (Å²) in [5.74, 6) is 0.738. The summed E-state index contributed by atoms with van der Waals surface area (Å²) in [5.41, 5.74) is 13.1. The van der Waals surface area contributed by atoms with E-state index >= 15 is 0 Å².